The number of benzene rings is 1. The number of carbonyl (C=O) groups is 2. The van der Waals surface area contributed by atoms with Gasteiger partial charge in [-0.05, 0) is 31.9 Å². The Kier molecular flexibility index (Phi) is 6.16. The van der Waals surface area contributed by atoms with Crippen LogP contribution >= 0.6 is 0 Å². The van der Waals surface area contributed by atoms with Gasteiger partial charge in [0.05, 0.1) is 11.5 Å². The molecule has 0 aliphatic carbocycles. The van der Waals surface area contributed by atoms with Gasteiger partial charge in [-0.2, -0.15) is 5.26 Å². The molecule has 1 heterocycles. The van der Waals surface area contributed by atoms with Gasteiger partial charge in [0.25, 0.3) is 5.91 Å². The van der Waals surface area contributed by atoms with Crippen LogP contribution in [0.1, 0.15) is 24.5 Å². The smallest absolute Gasteiger partial charge is 0.349 e. The monoisotopic (exact) mass is 376 g/mol. The van der Waals surface area contributed by atoms with Crippen molar-refractivity contribution in [3.05, 3.63) is 41.0 Å². The Bertz CT molecular complexity index is 866. The number of esters is 1. The molecule has 1 aliphatic heterocycles. The number of nitriles is 1. The molecule has 7 nitrogen and oxygen atoms in total. The first-order chi connectivity index (χ1) is 12.2. The average molecular weight is 376 g/mol. The molecule has 0 spiro atoms. The van der Waals surface area contributed by atoms with Crippen molar-refractivity contribution in [1.82, 2.24) is 5.32 Å². The lowest BCUT2D eigenvalue weighted by Gasteiger charge is -2.16. The van der Waals surface area contributed by atoms with Gasteiger partial charge in [-0.3, -0.25) is 4.79 Å². The molecule has 1 fully saturated rings. The van der Waals surface area contributed by atoms with Crippen LogP contribution in [0.3, 0.4) is 0 Å². The van der Waals surface area contributed by atoms with Crippen molar-refractivity contribution in [3.8, 4) is 6.07 Å². The van der Waals surface area contributed by atoms with Crippen LogP contribution in [0.4, 0.5) is 0 Å². The number of amides is 1. The molecule has 1 N–H and O–H groups in total. The van der Waals surface area contributed by atoms with Gasteiger partial charge in [-0.25, -0.2) is 13.2 Å². The maximum atomic E-state index is 12.1. The summed E-state index contributed by atoms with van der Waals surface area (Å²) in [6.45, 7) is 3.29. The molecule has 1 aromatic rings. The van der Waals surface area contributed by atoms with E-state index in [0.29, 0.717) is 12.0 Å². The van der Waals surface area contributed by atoms with E-state index in [1.165, 1.54) is 13.0 Å². The van der Waals surface area contributed by atoms with Crippen LogP contribution in [-0.2, 0) is 24.2 Å². The van der Waals surface area contributed by atoms with Gasteiger partial charge in [0.1, 0.15) is 11.6 Å². The third kappa shape index (κ3) is 5.43. The summed E-state index contributed by atoms with van der Waals surface area (Å²) in [6.07, 6.45) is 0.585. The van der Waals surface area contributed by atoms with Gasteiger partial charge in [-0.1, -0.05) is 29.8 Å². The molecule has 1 aromatic carbocycles. The maximum absolute atomic E-state index is 12.1. The number of nitrogens with one attached hydrogen (secondary N) is 1. The van der Waals surface area contributed by atoms with Crippen LogP contribution < -0.4 is 5.32 Å². The first-order valence-corrected chi connectivity index (χ1v) is 9.92. The van der Waals surface area contributed by atoms with Crippen molar-refractivity contribution in [3.63, 3.8) is 0 Å². The number of sulfone groups is 1. The summed E-state index contributed by atoms with van der Waals surface area (Å²) >= 11 is 0. The Labute approximate surface area is 152 Å². The Morgan fingerprint density at radius 1 is 1.35 bits per heavy atom. The Morgan fingerprint density at radius 3 is 2.54 bits per heavy atom. The lowest BCUT2D eigenvalue weighted by atomic mass is 10.1. The third-order valence-corrected chi connectivity index (χ3v) is 5.73. The molecule has 0 bridgehead atoms. The predicted molar refractivity (Wildman–Crippen MR) is 95.5 cm³/mol. The van der Waals surface area contributed by atoms with E-state index < -0.39 is 33.9 Å². The molecule has 1 saturated heterocycles. The average Bonchev–Trinajstić information content (AvgIpc) is 2.92. The zero-order chi connectivity index (χ0) is 19.3. The van der Waals surface area contributed by atoms with E-state index in [9.17, 15) is 18.0 Å². The van der Waals surface area contributed by atoms with E-state index in [-0.39, 0.29) is 17.1 Å². The zero-order valence-corrected chi connectivity index (χ0v) is 15.4. The fourth-order valence-electron chi connectivity index (χ4n) is 2.47. The standard InChI is InChI=1S/C18H20N2O5S/c1-12-3-5-14(6-4-12)9-15(10-19)18(22)25-13(2)17(21)20-16-7-8-26(23,24)11-16/h3-6,9,13,16H,7-8,11H2,1-2H3,(H,20,21)/b15-9+/t13-,16+/m1/s1. The largest absolute Gasteiger partial charge is 0.448 e. The van der Waals surface area contributed by atoms with Crippen LogP contribution in [0.2, 0.25) is 0 Å². The first-order valence-electron chi connectivity index (χ1n) is 8.10. The van der Waals surface area contributed by atoms with Crippen molar-refractivity contribution >= 4 is 27.8 Å². The Hall–Kier alpha value is -2.66. The van der Waals surface area contributed by atoms with Crippen molar-refractivity contribution in [2.24, 2.45) is 0 Å². The van der Waals surface area contributed by atoms with Crippen molar-refractivity contribution in [2.75, 3.05) is 11.5 Å². The molecule has 0 aromatic heterocycles. The number of aryl methyl sites for hydroxylation is 1. The number of rotatable bonds is 5. The van der Waals surface area contributed by atoms with Gasteiger partial charge < -0.3 is 10.1 Å². The van der Waals surface area contributed by atoms with Gasteiger partial charge in [0.15, 0.2) is 15.9 Å². The molecule has 26 heavy (non-hydrogen) atoms. The molecular weight excluding hydrogens is 356 g/mol. The molecule has 1 aliphatic rings. The molecule has 2 rings (SSSR count). The van der Waals surface area contributed by atoms with E-state index in [1.807, 2.05) is 19.1 Å². The van der Waals surface area contributed by atoms with E-state index in [1.54, 1.807) is 18.2 Å². The molecule has 0 unspecified atom stereocenters. The SMILES string of the molecule is Cc1ccc(/C=C(\C#N)C(=O)O[C@H](C)C(=O)N[C@H]2CCS(=O)(=O)C2)cc1. The quantitative estimate of drug-likeness (QED) is 0.468. The summed E-state index contributed by atoms with van der Waals surface area (Å²) in [4.78, 5) is 24.2. The van der Waals surface area contributed by atoms with Crippen molar-refractivity contribution in [1.29, 1.82) is 5.26 Å². The molecular formula is C18H20N2O5S. The summed E-state index contributed by atoms with van der Waals surface area (Å²) in [6, 6.07) is 8.50. The van der Waals surface area contributed by atoms with E-state index >= 15 is 0 Å². The van der Waals surface area contributed by atoms with Crippen LogP contribution in [0, 0.1) is 18.3 Å². The summed E-state index contributed by atoms with van der Waals surface area (Å²) in [5.74, 6) is -1.58. The third-order valence-electron chi connectivity index (χ3n) is 3.96. The van der Waals surface area contributed by atoms with Gasteiger partial charge in [0, 0.05) is 6.04 Å². The van der Waals surface area contributed by atoms with Crippen LogP contribution in [0.5, 0.6) is 0 Å². The highest BCUT2D eigenvalue weighted by atomic mass is 32.2. The topological polar surface area (TPSA) is 113 Å². The van der Waals surface area contributed by atoms with Crippen LogP contribution in [0.25, 0.3) is 6.08 Å². The fourth-order valence-corrected chi connectivity index (χ4v) is 4.14. The normalized spacial score (nSPS) is 20.0. The Balaban J connectivity index is 1.97. The van der Waals surface area contributed by atoms with E-state index in [2.05, 4.69) is 5.32 Å². The maximum Gasteiger partial charge on any atom is 0.349 e. The number of carbonyl (C=O) groups excluding carboxylic acids is 2. The van der Waals surface area contributed by atoms with Gasteiger partial charge in [-0.15, -0.1) is 0 Å². The Morgan fingerprint density at radius 2 is 2.00 bits per heavy atom. The lowest BCUT2D eigenvalue weighted by Crippen LogP contribution is -2.42. The minimum atomic E-state index is -3.12. The second-order valence-electron chi connectivity index (χ2n) is 6.24. The van der Waals surface area contributed by atoms with Gasteiger partial charge >= 0.3 is 5.97 Å². The molecule has 8 heteroatoms. The highest BCUT2D eigenvalue weighted by Crippen LogP contribution is 2.13. The highest BCUT2D eigenvalue weighted by Gasteiger charge is 2.31. The summed E-state index contributed by atoms with van der Waals surface area (Å²) in [5.41, 5.74) is 1.48. The zero-order valence-electron chi connectivity index (χ0n) is 14.6. The predicted octanol–water partition coefficient (Wildman–Crippen LogP) is 1.14. The van der Waals surface area contributed by atoms with Crippen molar-refractivity contribution in [2.45, 2.75) is 32.4 Å². The van der Waals surface area contributed by atoms with Gasteiger partial charge in [0.2, 0.25) is 0 Å². The minimum Gasteiger partial charge on any atom is -0.448 e. The fraction of sp³-hybridized carbons (Fsp3) is 0.389. The molecule has 138 valence electrons. The minimum absolute atomic E-state index is 0.0317. The number of ether oxygens (including phenoxy) is 1. The molecule has 0 saturated carbocycles. The number of hydrogen-bond donors (Lipinski definition) is 1. The van der Waals surface area contributed by atoms with Crippen molar-refractivity contribution < 1.29 is 22.7 Å². The summed E-state index contributed by atoms with van der Waals surface area (Å²) < 4.78 is 27.9. The summed E-state index contributed by atoms with van der Waals surface area (Å²) in [7, 11) is -3.12. The molecule has 1 amide bonds. The van der Waals surface area contributed by atoms with Crippen LogP contribution in [0.15, 0.2) is 29.8 Å². The second-order valence-corrected chi connectivity index (χ2v) is 8.47. The molecule has 2 atom stereocenters. The van der Waals surface area contributed by atoms with E-state index in [0.717, 1.165) is 5.56 Å². The van der Waals surface area contributed by atoms with E-state index in [4.69, 9.17) is 10.00 Å². The van der Waals surface area contributed by atoms with Crippen LogP contribution in [-0.4, -0.2) is 43.9 Å². The first kappa shape index (κ1) is 19.7. The molecule has 0 radical (unpaired) electrons. The number of hydrogen-bond acceptors (Lipinski definition) is 6. The summed E-state index contributed by atoms with van der Waals surface area (Å²) in [5, 5.41) is 11.7. The highest BCUT2D eigenvalue weighted by molar-refractivity contribution is 7.91. The number of nitrogens with zero attached hydrogens (tertiary/aromatic N) is 1. The second kappa shape index (κ2) is 8.15. The lowest BCUT2D eigenvalue weighted by molar-refractivity contribution is -0.150.